The molecule has 2 N–H and O–H groups in total. The van der Waals surface area contributed by atoms with Gasteiger partial charge in [-0.15, -0.1) is 10.2 Å². The van der Waals surface area contributed by atoms with Crippen LogP contribution in [0, 0.1) is 0 Å². The average molecular weight is 283 g/mol. The Morgan fingerprint density at radius 2 is 2.33 bits per heavy atom. The van der Waals surface area contributed by atoms with Gasteiger partial charge < -0.3 is 5.32 Å². The van der Waals surface area contributed by atoms with Crippen LogP contribution in [0.5, 0.6) is 0 Å². The normalized spacial score (nSPS) is 10.1. The molecule has 1 aromatic heterocycles. The predicted molar refractivity (Wildman–Crippen MR) is 73.5 cm³/mol. The van der Waals surface area contributed by atoms with Crippen LogP contribution in [-0.4, -0.2) is 22.6 Å². The van der Waals surface area contributed by atoms with E-state index in [1.54, 1.807) is 23.7 Å². The fourth-order valence-electron chi connectivity index (χ4n) is 1.44. The highest BCUT2D eigenvalue weighted by molar-refractivity contribution is 7.13. The van der Waals surface area contributed by atoms with Crippen molar-refractivity contribution in [3.8, 4) is 0 Å². The molecule has 0 saturated heterocycles. The number of rotatable bonds is 4. The number of amides is 1. The molecule has 0 aliphatic heterocycles. The van der Waals surface area contributed by atoms with Crippen LogP contribution < -0.4 is 10.6 Å². The summed E-state index contributed by atoms with van der Waals surface area (Å²) in [6.07, 6.45) is 0. The molecule has 0 spiro atoms. The molecule has 0 bridgehead atoms. The number of nitrogens with one attached hydrogen (secondary N) is 2. The Kier molecular flexibility index (Phi) is 4.11. The van der Waals surface area contributed by atoms with Gasteiger partial charge in [-0.3, -0.25) is 10.1 Å². The zero-order chi connectivity index (χ0) is 13.0. The summed E-state index contributed by atoms with van der Waals surface area (Å²) in [6.45, 7) is 2.68. The molecule has 0 unspecified atom stereocenters. The molecule has 2 aromatic rings. The first-order valence-electron chi connectivity index (χ1n) is 5.31. The largest absolute Gasteiger partial charge is 0.385 e. The summed E-state index contributed by atoms with van der Waals surface area (Å²) in [5, 5.41) is 14.2. The van der Waals surface area contributed by atoms with Crippen LogP contribution in [0.4, 0.5) is 10.8 Å². The number of hydrogen-bond donors (Lipinski definition) is 2. The van der Waals surface area contributed by atoms with Crippen molar-refractivity contribution in [3.05, 3.63) is 34.3 Å². The number of carbonyl (C=O) groups is 1. The summed E-state index contributed by atoms with van der Waals surface area (Å²) in [6, 6.07) is 5.14. The first kappa shape index (κ1) is 12.8. The Labute approximate surface area is 113 Å². The van der Waals surface area contributed by atoms with Crippen molar-refractivity contribution in [2.24, 2.45) is 0 Å². The van der Waals surface area contributed by atoms with Crippen LogP contribution in [0.2, 0.25) is 5.02 Å². The Hall–Kier alpha value is -1.66. The van der Waals surface area contributed by atoms with Crippen molar-refractivity contribution < 1.29 is 4.79 Å². The Morgan fingerprint density at radius 3 is 3.00 bits per heavy atom. The zero-order valence-electron chi connectivity index (χ0n) is 9.61. The molecule has 0 aliphatic carbocycles. The highest BCUT2D eigenvalue weighted by Crippen LogP contribution is 2.22. The third kappa shape index (κ3) is 2.96. The van der Waals surface area contributed by atoms with E-state index in [0.717, 1.165) is 12.2 Å². The lowest BCUT2D eigenvalue weighted by atomic mass is 10.1. The number of hydrogen-bond acceptors (Lipinski definition) is 5. The smallest absolute Gasteiger partial charge is 0.259 e. The molecule has 1 aromatic carbocycles. The second-order valence-corrected chi connectivity index (χ2v) is 4.69. The summed E-state index contributed by atoms with van der Waals surface area (Å²) in [5.74, 6) is -0.259. The first-order valence-corrected chi connectivity index (χ1v) is 6.57. The molecular formula is C11H11ClN4OS. The molecule has 0 saturated carbocycles. The number of nitrogens with zero attached hydrogens (tertiary/aromatic N) is 2. The minimum atomic E-state index is -0.259. The maximum absolute atomic E-state index is 12.1. The van der Waals surface area contributed by atoms with Crippen molar-refractivity contribution >= 4 is 39.7 Å². The van der Waals surface area contributed by atoms with Gasteiger partial charge in [-0.2, -0.15) is 0 Å². The molecule has 0 aliphatic rings. The molecule has 0 radical (unpaired) electrons. The van der Waals surface area contributed by atoms with Gasteiger partial charge in [0.25, 0.3) is 5.91 Å². The lowest BCUT2D eigenvalue weighted by Crippen LogP contribution is -2.14. The first-order chi connectivity index (χ1) is 8.70. The molecule has 1 heterocycles. The van der Waals surface area contributed by atoms with Gasteiger partial charge in [0.2, 0.25) is 5.13 Å². The SMILES string of the molecule is CCNc1ccc(Cl)cc1C(=O)Nc1nncs1. The number of aromatic nitrogens is 2. The molecule has 1 amide bonds. The fourth-order valence-corrected chi connectivity index (χ4v) is 2.05. The molecule has 0 atom stereocenters. The van der Waals surface area contributed by atoms with Gasteiger partial charge in [0, 0.05) is 17.3 Å². The Bertz CT molecular complexity index is 544. The third-order valence-electron chi connectivity index (χ3n) is 2.17. The van der Waals surface area contributed by atoms with Crippen molar-refractivity contribution in [3.63, 3.8) is 0 Å². The Balaban J connectivity index is 2.25. The third-order valence-corrected chi connectivity index (χ3v) is 3.02. The van der Waals surface area contributed by atoms with Crippen LogP contribution in [0.1, 0.15) is 17.3 Å². The van der Waals surface area contributed by atoms with Crippen molar-refractivity contribution in [1.82, 2.24) is 10.2 Å². The summed E-state index contributed by atoms with van der Waals surface area (Å²) >= 11 is 7.17. The Morgan fingerprint density at radius 1 is 1.50 bits per heavy atom. The van der Waals surface area contributed by atoms with Crippen molar-refractivity contribution in [1.29, 1.82) is 0 Å². The minimum Gasteiger partial charge on any atom is -0.385 e. The maximum Gasteiger partial charge on any atom is 0.259 e. The van der Waals surface area contributed by atoms with E-state index in [4.69, 9.17) is 11.6 Å². The lowest BCUT2D eigenvalue weighted by molar-refractivity contribution is 0.102. The van der Waals surface area contributed by atoms with Gasteiger partial charge in [0.1, 0.15) is 5.51 Å². The van der Waals surface area contributed by atoms with E-state index in [1.165, 1.54) is 11.3 Å². The topological polar surface area (TPSA) is 66.9 Å². The second-order valence-electron chi connectivity index (χ2n) is 3.42. The lowest BCUT2D eigenvalue weighted by Gasteiger charge is -2.10. The number of carbonyl (C=O) groups excluding carboxylic acids is 1. The van der Waals surface area contributed by atoms with Gasteiger partial charge in [-0.05, 0) is 25.1 Å². The summed E-state index contributed by atoms with van der Waals surface area (Å²) in [4.78, 5) is 12.1. The van der Waals surface area contributed by atoms with E-state index in [2.05, 4.69) is 20.8 Å². The molecular weight excluding hydrogens is 272 g/mol. The maximum atomic E-state index is 12.1. The van der Waals surface area contributed by atoms with Crippen LogP contribution in [-0.2, 0) is 0 Å². The van der Waals surface area contributed by atoms with Gasteiger partial charge in [-0.1, -0.05) is 22.9 Å². The highest BCUT2D eigenvalue weighted by Gasteiger charge is 2.13. The van der Waals surface area contributed by atoms with Crippen LogP contribution in [0.25, 0.3) is 0 Å². The fraction of sp³-hybridized carbons (Fsp3) is 0.182. The van der Waals surface area contributed by atoms with Crippen molar-refractivity contribution in [2.45, 2.75) is 6.92 Å². The molecule has 7 heteroatoms. The standard InChI is InChI=1S/C11H11ClN4OS/c1-2-13-9-4-3-7(12)5-8(9)10(17)15-11-16-14-6-18-11/h3-6,13H,2H2,1H3,(H,15,16,17). The van der Waals surface area contributed by atoms with Gasteiger partial charge in [0.15, 0.2) is 0 Å². The molecule has 5 nitrogen and oxygen atoms in total. The zero-order valence-corrected chi connectivity index (χ0v) is 11.2. The van der Waals surface area contributed by atoms with E-state index >= 15 is 0 Å². The molecule has 2 rings (SSSR count). The van der Waals surface area contributed by atoms with E-state index in [-0.39, 0.29) is 5.91 Å². The van der Waals surface area contributed by atoms with Gasteiger partial charge in [0.05, 0.1) is 5.56 Å². The molecule has 0 fully saturated rings. The van der Waals surface area contributed by atoms with Crippen LogP contribution in [0.15, 0.2) is 23.7 Å². The monoisotopic (exact) mass is 282 g/mol. The summed E-state index contributed by atoms with van der Waals surface area (Å²) < 4.78 is 0. The summed E-state index contributed by atoms with van der Waals surface area (Å²) in [7, 11) is 0. The van der Waals surface area contributed by atoms with Gasteiger partial charge in [-0.25, -0.2) is 0 Å². The number of benzene rings is 1. The predicted octanol–water partition coefficient (Wildman–Crippen LogP) is 2.88. The quantitative estimate of drug-likeness (QED) is 0.905. The van der Waals surface area contributed by atoms with E-state index < -0.39 is 0 Å². The highest BCUT2D eigenvalue weighted by atomic mass is 35.5. The summed E-state index contributed by atoms with van der Waals surface area (Å²) in [5.41, 5.74) is 2.78. The number of halogens is 1. The van der Waals surface area contributed by atoms with E-state index in [9.17, 15) is 4.79 Å². The van der Waals surface area contributed by atoms with E-state index in [0.29, 0.717) is 15.7 Å². The van der Waals surface area contributed by atoms with Crippen LogP contribution >= 0.6 is 22.9 Å². The molecule has 94 valence electrons. The minimum absolute atomic E-state index is 0.259. The van der Waals surface area contributed by atoms with Crippen molar-refractivity contribution in [2.75, 3.05) is 17.2 Å². The average Bonchev–Trinajstić information content (AvgIpc) is 2.84. The van der Waals surface area contributed by atoms with Gasteiger partial charge >= 0.3 is 0 Å². The second kappa shape index (κ2) is 5.79. The van der Waals surface area contributed by atoms with E-state index in [1.807, 2.05) is 6.92 Å². The van der Waals surface area contributed by atoms with Crippen LogP contribution in [0.3, 0.4) is 0 Å². The number of anilines is 2. The molecule has 18 heavy (non-hydrogen) atoms.